The fourth-order valence-electron chi connectivity index (χ4n) is 3.63. The quantitative estimate of drug-likeness (QED) is 0.400. The molecule has 0 spiro atoms. The lowest BCUT2D eigenvalue weighted by Gasteiger charge is -2.20. The Balaban J connectivity index is 2.15. The summed E-state index contributed by atoms with van der Waals surface area (Å²) in [5.74, 6) is 0.691. The van der Waals surface area contributed by atoms with Crippen LogP contribution in [-0.2, 0) is 31.9 Å². The molecule has 0 aliphatic heterocycles. The van der Waals surface area contributed by atoms with Crippen molar-refractivity contribution in [1.29, 1.82) is 0 Å². The van der Waals surface area contributed by atoms with Gasteiger partial charge in [-0.1, -0.05) is 31.2 Å². The van der Waals surface area contributed by atoms with E-state index in [0.29, 0.717) is 13.0 Å². The van der Waals surface area contributed by atoms with Crippen LogP contribution >= 0.6 is 0 Å². The Hall–Kier alpha value is -2.56. The number of ether oxygens (including phenoxy) is 2. The van der Waals surface area contributed by atoms with Crippen molar-refractivity contribution in [3.63, 3.8) is 0 Å². The molecule has 31 heavy (non-hydrogen) atoms. The molecule has 1 atom stereocenters. The molecule has 0 fully saturated rings. The predicted octanol–water partition coefficient (Wildman–Crippen LogP) is 5.89. The first-order chi connectivity index (χ1) is 14.9. The Morgan fingerprint density at radius 1 is 1.23 bits per heavy atom. The van der Waals surface area contributed by atoms with Crippen molar-refractivity contribution in [1.82, 2.24) is 0 Å². The number of rotatable bonds is 7. The van der Waals surface area contributed by atoms with Crippen LogP contribution in [-0.4, -0.2) is 25.2 Å². The van der Waals surface area contributed by atoms with E-state index in [1.807, 2.05) is 13.2 Å². The molecule has 5 heteroatoms. The standard InChI is InChI=1S/C26H36O5/c1-5-7-26(28)31-16-20(3)24-12-10-19(2)14-25-15-23(18-30-25)9-6-8-22(11-13-24)17-29-21(4)27/h8,10,15,18,24H,3,5-7,9,11-14,16-17H2,1-2,4H3. The molecule has 0 saturated carbocycles. The number of esters is 2. The van der Waals surface area contributed by atoms with E-state index < -0.39 is 0 Å². The van der Waals surface area contributed by atoms with Gasteiger partial charge in [0.15, 0.2) is 0 Å². The molecular weight excluding hydrogens is 392 g/mol. The highest BCUT2D eigenvalue weighted by molar-refractivity contribution is 5.69. The normalized spacial score (nSPS) is 17.7. The molecule has 170 valence electrons. The number of fused-ring (bicyclic) bond motifs is 2. The second-order valence-electron chi connectivity index (χ2n) is 8.37. The second kappa shape index (κ2) is 13.0. The Morgan fingerprint density at radius 2 is 2.03 bits per heavy atom. The first kappa shape index (κ1) is 24.7. The Bertz CT molecular complexity index is 812. The summed E-state index contributed by atoms with van der Waals surface area (Å²) in [5, 5.41) is 0. The number of carbonyl (C=O) groups is 2. The largest absolute Gasteiger partial charge is 0.469 e. The van der Waals surface area contributed by atoms with Gasteiger partial charge in [-0.25, -0.2) is 0 Å². The van der Waals surface area contributed by atoms with Crippen LogP contribution in [0.5, 0.6) is 0 Å². The molecule has 5 nitrogen and oxygen atoms in total. The van der Waals surface area contributed by atoms with Crippen molar-refractivity contribution in [3.8, 4) is 0 Å². The lowest BCUT2D eigenvalue weighted by atomic mass is 9.89. The number of allylic oxidation sites excluding steroid dienone is 3. The lowest BCUT2D eigenvalue weighted by Crippen LogP contribution is -2.13. The molecule has 1 aliphatic carbocycles. The number of carbonyl (C=O) groups excluding carboxylic acids is 2. The first-order valence-electron chi connectivity index (χ1n) is 11.2. The van der Waals surface area contributed by atoms with Gasteiger partial charge in [-0.05, 0) is 74.1 Å². The molecule has 0 aromatic carbocycles. The minimum absolute atomic E-state index is 0.180. The minimum Gasteiger partial charge on any atom is -0.469 e. The van der Waals surface area contributed by atoms with E-state index in [0.717, 1.165) is 61.9 Å². The first-order valence-corrected chi connectivity index (χ1v) is 11.2. The molecule has 2 bridgehead atoms. The fraction of sp³-hybridized carbons (Fsp3) is 0.538. The van der Waals surface area contributed by atoms with Crippen LogP contribution in [0.25, 0.3) is 0 Å². The average Bonchev–Trinajstić information content (AvgIpc) is 3.16. The number of hydrogen-bond acceptors (Lipinski definition) is 5. The zero-order valence-electron chi connectivity index (χ0n) is 19.2. The van der Waals surface area contributed by atoms with Crippen molar-refractivity contribution in [2.75, 3.05) is 13.2 Å². The van der Waals surface area contributed by atoms with Gasteiger partial charge < -0.3 is 13.9 Å². The van der Waals surface area contributed by atoms with Crippen LogP contribution in [0.2, 0.25) is 0 Å². The summed E-state index contributed by atoms with van der Waals surface area (Å²) >= 11 is 0. The number of hydrogen-bond donors (Lipinski definition) is 0. The van der Waals surface area contributed by atoms with Gasteiger partial charge in [-0.2, -0.15) is 0 Å². The van der Waals surface area contributed by atoms with Crippen LogP contribution in [0.1, 0.15) is 70.6 Å². The topological polar surface area (TPSA) is 65.7 Å². The minimum atomic E-state index is -0.276. The van der Waals surface area contributed by atoms with Gasteiger partial charge >= 0.3 is 11.9 Å². The third-order valence-corrected chi connectivity index (χ3v) is 5.50. The molecule has 0 saturated heterocycles. The van der Waals surface area contributed by atoms with E-state index >= 15 is 0 Å². The van der Waals surface area contributed by atoms with Gasteiger partial charge in [0.2, 0.25) is 0 Å². The van der Waals surface area contributed by atoms with Crippen LogP contribution in [0, 0.1) is 5.92 Å². The van der Waals surface area contributed by atoms with Gasteiger partial charge in [-0.3, -0.25) is 9.59 Å². The summed E-state index contributed by atoms with van der Waals surface area (Å²) in [6, 6.07) is 2.12. The summed E-state index contributed by atoms with van der Waals surface area (Å²) in [4.78, 5) is 23.1. The van der Waals surface area contributed by atoms with Crippen LogP contribution in [0.3, 0.4) is 0 Å². The maximum absolute atomic E-state index is 11.8. The predicted molar refractivity (Wildman–Crippen MR) is 122 cm³/mol. The molecule has 1 heterocycles. The molecule has 1 aromatic heterocycles. The Morgan fingerprint density at radius 3 is 2.77 bits per heavy atom. The SMILES string of the molecule is C=C(COC(=O)CCC)C1CC=C(C)Cc2cc(co2)CCC=C(COC(C)=O)CC1. The average molecular weight is 429 g/mol. The molecule has 1 aliphatic rings. The van der Waals surface area contributed by atoms with E-state index in [1.54, 1.807) is 0 Å². The summed E-state index contributed by atoms with van der Waals surface area (Å²) in [5.41, 5.74) is 4.46. The smallest absolute Gasteiger partial charge is 0.306 e. The monoisotopic (exact) mass is 428 g/mol. The molecule has 2 rings (SSSR count). The highest BCUT2D eigenvalue weighted by atomic mass is 16.5. The van der Waals surface area contributed by atoms with E-state index in [2.05, 4.69) is 31.7 Å². The maximum Gasteiger partial charge on any atom is 0.306 e. The molecule has 0 radical (unpaired) electrons. The maximum atomic E-state index is 11.8. The van der Waals surface area contributed by atoms with Crippen molar-refractivity contribution < 1.29 is 23.5 Å². The summed E-state index contributed by atoms with van der Waals surface area (Å²) in [6.45, 7) is 10.3. The lowest BCUT2D eigenvalue weighted by molar-refractivity contribution is -0.143. The summed E-state index contributed by atoms with van der Waals surface area (Å²) in [7, 11) is 0. The van der Waals surface area contributed by atoms with Crippen LogP contribution in [0.15, 0.2) is 52.2 Å². The number of furan rings is 1. The molecule has 0 amide bonds. The highest BCUT2D eigenvalue weighted by Gasteiger charge is 2.16. The summed E-state index contributed by atoms with van der Waals surface area (Å²) in [6.07, 6.45) is 12.5. The third kappa shape index (κ3) is 9.41. The van der Waals surface area contributed by atoms with E-state index in [9.17, 15) is 9.59 Å². The van der Waals surface area contributed by atoms with E-state index in [-0.39, 0.29) is 24.5 Å². The molecule has 1 unspecified atom stereocenters. The van der Waals surface area contributed by atoms with Gasteiger partial charge in [0, 0.05) is 19.8 Å². The molecule has 0 N–H and O–H groups in total. The Kier molecular flexibility index (Phi) is 10.3. The van der Waals surface area contributed by atoms with Crippen molar-refractivity contribution in [2.24, 2.45) is 5.92 Å². The van der Waals surface area contributed by atoms with E-state index in [1.165, 1.54) is 18.1 Å². The zero-order valence-corrected chi connectivity index (χ0v) is 19.2. The van der Waals surface area contributed by atoms with E-state index in [4.69, 9.17) is 13.9 Å². The summed E-state index contributed by atoms with van der Waals surface area (Å²) < 4.78 is 16.4. The Labute approximate surface area is 186 Å². The van der Waals surface area contributed by atoms with Crippen LogP contribution < -0.4 is 0 Å². The van der Waals surface area contributed by atoms with Crippen molar-refractivity contribution in [2.45, 2.75) is 72.1 Å². The van der Waals surface area contributed by atoms with Gasteiger partial charge in [0.1, 0.15) is 19.0 Å². The highest BCUT2D eigenvalue weighted by Crippen LogP contribution is 2.26. The van der Waals surface area contributed by atoms with Gasteiger partial charge in [0.25, 0.3) is 0 Å². The fourth-order valence-corrected chi connectivity index (χ4v) is 3.63. The van der Waals surface area contributed by atoms with Crippen molar-refractivity contribution >= 4 is 11.9 Å². The zero-order chi connectivity index (χ0) is 22.6. The van der Waals surface area contributed by atoms with Gasteiger partial charge in [-0.15, -0.1) is 0 Å². The number of aryl methyl sites for hydroxylation is 1. The van der Waals surface area contributed by atoms with Gasteiger partial charge in [0.05, 0.1) is 6.26 Å². The third-order valence-electron chi connectivity index (χ3n) is 5.50. The van der Waals surface area contributed by atoms with Crippen molar-refractivity contribution in [3.05, 3.63) is 59.1 Å². The second-order valence-corrected chi connectivity index (χ2v) is 8.37. The molecular formula is C26H36O5. The molecule has 1 aromatic rings. The van der Waals surface area contributed by atoms with Crippen LogP contribution in [0.4, 0.5) is 0 Å².